The van der Waals surface area contributed by atoms with Gasteiger partial charge in [0.2, 0.25) is 0 Å². The molecule has 0 heterocycles. The second-order valence-corrected chi connectivity index (χ2v) is 6.03. The number of rotatable bonds is 7. The number of hydrogen-bond donors (Lipinski definition) is 1. The second kappa shape index (κ2) is 5.50. The Balaban J connectivity index is 1.81. The minimum atomic E-state index is 0.604. The van der Waals surface area contributed by atoms with Crippen LogP contribution in [0.3, 0.4) is 0 Å². The van der Waals surface area contributed by atoms with Crippen molar-refractivity contribution >= 4 is 0 Å². The molecule has 2 rings (SSSR count). The summed E-state index contributed by atoms with van der Waals surface area (Å²) in [6.07, 6.45) is 9.93. The Kier molecular flexibility index (Phi) is 4.26. The molecule has 0 bridgehead atoms. The van der Waals surface area contributed by atoms with Crippen molar-refractivity contribution in [2.24, 2.45) is 5.41 Å². The van der Waals surface area contributed by atoms with Gasteiger partial charge in [-0.1, -0.05) is 19.8 Å². The summed E-state index contributed by atoms with van der Waals surface area (Å²) >= 11 is 0. The fourth-order valence-electron chi connectivity index (χ4n) is 3.22. The highest BCUT2D eigenvalue weighted by molar-refractivity contribution is 4.92. The number of nitrogens with one attached hydrogen (secondary N) is 1. The van der Waals surface area contributed by atoms with Crippen LogP contribution in [-0.4, -0.2) is 37.6 Å². The third-order valence-corrected chi connectivity index (χ3v) is 4.35. The van der Waals surface area contributed by atoms with Gasteiger partial charge in [0.05, 0.1) is 0 Å². The molecular formula is C14H28N2. The lowest BCUT2D eigenvalue weighted by Crippen LogP contribution is -2.42. The minimum Gasteiger partial charge on any atom is -0.316 e. The molecule has 2 heteroatoms. The third-order valence-electron chi connectivity index (χ3n) is 4.35. The SMILES string of the molecule is CCCNCC1(CN(C)C2CC2)CCCC1. The molecule has 2 saturated carbocycles. The van der Waals surface area contributed by atoms with Crippen LogP contribution in [0.4, 0.5) is 0 Å². The maximum Gasteiger partial charge on any atom is 0.00936 e. The molecule has 2 nitrogen and oxygen atoms in total. The molecule has 2 aliphatic rings. The van der Waals surface area contributed by atoms with E-state index in [4.69, 9.17) is 0 Å². The maximum absolute atomic E-state index is 3.66. The van der Waals surface area contributed by atoms with Gasteiger partial charge in [-0.15, -0.1) is 0 Å². The Morgan fingerprint density at radius 3 is 2.50 bits per heavy atom. The fourth-order valence-corrected chi connectivity index (χ4v) is 3.22. The first-order valence-corrected chi connectivity index (χ1v) is 7.17. The van der Waals surface area contributed by atoms with Crippen LogP contribution in [0.5, 0.6) is 0 Å². The van der Waals surface area contributed by atoms with Crippen molar-refractivity contribution in [2.75, 3.05) is 26.7 Å². The molecule has 0 saturated heterocycles. The molecule has 2 aliphatic carbocycles. The zero-order valence-electron chi connectivity index (χ0n) is 11.1. The first kappa shape index (κ1) is 12.4. The maximum atomic E-state index is 3.66. The Labute approximate surface area is 101 Å². The van der Waals surface area contributed by atoms with Crippen molar-refractivity contribution in [3.8, 4) is 0 Å². The Morgan fingerprint density at radius 1 is 1.25 bits per heavy atom. The normalized spacial score (nSPS) is 24.2. The van der Waals surface area contributed by atoms with Crippen LogP contribution in [0.1, 0.15) is 51.9 Å². The first-order chi connectivity index (χ1) is 7.76. The molecule has 0 aromatic heterocycles. The standard InChI is InChI=1S/C14H28N2/c1-3-10-15-11-14(8-4-5-9-14)12-16(2)13-6-7-13/h13,15H,3-12H2,1-2H3. The molecule has 0 radical (unpaired) electrons. The van der Waals surface area contributed by atoms with Crippen molar-refractivity contribution < 1.29 is 0 Å². The molecule has 0 amide bonds. The van der Waals surface area contributed by atoms with Gasteiger partial charge in [-0.3, -0.25) is 0 Å². The van der Waals surface area contributed by atoms with Crippen molar-refractivity contribution in [1.82, 2.24) is 10.2 Å². The van der Waals surface area contributed by atoms with Crippen LogP contribution in [0.25, 0.3) is 0 Å². The van der Waals surface area contributed by atoms with E-state index in [9.17, 15) is 0 Å². The van der Waals surface area contributed by atoms with Crippen LogP contribution in [0.2, 0.25) is 0 Å². The molecule has 0 atom stereocenters. The molecular weight excluding hydrogens is 196 g/mol. The van der Waals surface area contributed by atoms with Gasteiger partial charge in [-0.2, -0.15) is 0 Å². The highest BCUT2D eigenvalue weighted by Crippen LogP contribution is 2.40. The Hall–Kier alpha value is -0.0800. The molecule has 2 fully saturated rings. The van der Waals surface area contributed by atoms with Gasteiger partial charge in [0.1, 0.15) is 0 Å². The van der Waals surface area contributed by atoms with Gasteiger partial charge >= 0.3 is 0 Å². The van der Waals surface area contributed by atoms with Crippen molar-refractivity contribution in [1.29, 1.82) is 0 Å². The van der Waals surface area contributed by atoms with Crippen LogP contribution < -0.4 is 5.32 Å². The summed E-state index contributed by atoms with van der Waals surface area (Å²) in [6, 6.07) is 0.920. The smallest absolute Gasteiger partial charge is 0.00936 e. The lowest BCUT2D eigenvalue weighted by molar-refractivity contribution is 0.167. The van der Waals surface area contributed by atoms with E-state index in [0.717, 1.165) is 6.04 Å². The molecule has 0 aromatic rings. The van der Waals surface area contributed by atoms with Gasteiger partial charge in [0.25, 0.3) is 0 Å². The minimum absolute atomic E-state index is 0.604. The van der Waals surface area contributed by atoms with Gasteiger partial charge in [-0.25, -0.2) is 0 Å². The zero-order valence-corrected chi connectivity index (χ0v) is 11.1. The highest BCUT2D eigenvalue weighted by Gasteiger charge is 2.37. The molecule has 0 spiro atoms. The zero-order chi connectivity index (χ0) is 11.4. The van der Waals surface area contributed by atoms with Crippen LogP contribution >= 0.6 is 0 Å². The predicted molar refractivity (Wildman–Crippen MR) is 69.7 cm³/mol. The quantitative estimate of drug-likeness (QED) is 0.669. The van der Waals surface area contributed by atoms with Gasteiger partial charge in [0.15, 0.2) is 0 Å². The summed E-state index contributed by atoms with van der Waals surface area (Å²) in [6.45, 7) is 6.02. The molecule has 16 heavy (non-hydrogen) atoms. The van der Waals surface area contributed by atoms with E-state index in [-0.39, 0.29) is 0 Å². The van der Waals surface area contributed by atoms with E-state index in [1.54, 1.807) is 0 Å². The van der Waals surface area contributed by atoms with Crippen molar-refractivity contribution in [3.63, 3.8) is 0 Å². The van der Waals surface area contributed by atoms with E-state index >= 15 is 0 Å². The predicted octanol–water partition coefficient (Wildman–Crippen LogP) is 2.64. The average molecular weight is 224 g/mol. The highest BCUT2D eigenvalue weighted by atomic mass is 15.2. The van der Waals surface area contributed by atoms with E-state index in [2.05, 4.69) is 24.2 Å². The third kappa shape index (κ3) is 3.21. The number of nitrogens with zero attached hydrogens (tertiary/aromatic N) is 1. The van der Waals surface area contributed by atoms with Crippen LogP contribution in [-0.2, 0) is 0 Å². The average Bonchev–Trinajstić information content (AvgIpc) is 3.02. The van der Waals surface area contributed by atoms with Gasteiger partial charge in [-0.05, 0) is 51.1 Å². The lowest BCUT2D eigenvalue weighted by atomic mass is 9.85. The molecule has 0 unspecified atom stereocenters. The fraction of sp³-hybridized carbons (Fsp3) is 1.00. The molecule has 94 valence electrons. The van der Waals surface area contributed by atoms with Crippen LogP contribution in [0.15, 0.2) is 0 Å². The lowest BCUT2D eigenvalue weighted by Gasteiger charge is -2.34. The molecule has 1 N–H and O–H groups in total. The summed E-state index contributed by atoms with van der Waals surface area (Å²) in [5, 5.41) is 3.66. The second-order valence-electron chi connectivity index (χ2n) is 6.03. The summed E-state index contributed by atoms with van der Waals surface area (Å²) < 4.78 is 0. The van der Waals surface area contributed by atoms with Gasteiger partial charge in [0, 0.05) is 19.1 Å². The van der Waals surface area contributed by atoms with E-state index in [0.29, 0.717) is 5.41 Å². The van der Waals surface area contributed by atoms with E-state index in [1.165, 1.54) is 64.6 Å². The van der Waals surface area contributed by atoms with Crippen molar-refractivity contribution in [3.05, 3.63) is 0 Å². The summed E-state index contributed by atoms with van der Waals surface area (Å²) in [7, 11) is 2.33. The Morgan fingerprint density at radius 2 is 1.94 bits per heavy atom. The summed E-state index contributed by atoms with van der Waals surface area (Å²) in [5.41, 5.74) is 0.604. The molecule has 0 aliphatic heterocycles. The van der Waals surface area contributed by atoms with Crippen LogP contribution in [0, 0.1) is 5.41 Å². The largest absolute Gasteiger partial charge is 0.316 e. The summed E-state index contributed by atoms with van der Waals surface area (Å²) in [5.74, 6) is 0. The Bertz CT molecular complexity index is 205. The topological polar surface area (TPSA) is 15.3 Å². The van der Waals surface area contributed by atoms with Crippen molar-refractivity contribution in [2.45, 2.75) is 57.9 Å². The van der Waals surface area contributed by atoms with Gasteiger partial charge < -0.3 is 10.2 Å². The first-order valence-electron chi connectivity index (χ1n) is 7.17. The number of hydrogen-bond acceptors (Lipinski definition) is 2. The van der Waals surface area contributed by atoms with E-state index < -0.39 is 0 Å². The summed E-state index contributed by atoms with van der Waals surface area (Å²) in [4.78, 5) is 2.62. The molecule has 0 aromatic carbocycles. The van der Waals surface area contributed by atoms with E-state index in [1.807, 2.05) is 0 Å². The monoisotopic (exact) mass is 224 g/mol.